The zero-order valence-electron chi connectivity index (χ0n) is 15.1. The summed E-state index contributed by atoms with van der Waals surface area (Å²) >= 11 is 0. The standard InChI is InChI=1S/C21H27NO3/c1-14-8-6-7-11-17(14)18-12-19(23)22-15(2)20(18)21(24)25-13-16-9-4-3-5-10-16/h6-8,11,16,18H,3-5,9-10,12-13H2,1-2H3,(H,22,23)/t18-/m0/s1. The molecule has 1 aliphatic carbocycles. The van der Waals surface area contributed by atoms with E-state index in [1.165, 1.54) is 19.3 Å². The van der Waals surface area contributed by atoms with Crippen molar-refractivity contribution in [2.24, 2.45) is 5.92 Å². The molecule has 3 rings (SSSR count). The molecule has 134 valence electrons. The van der Waals surface area contributed by atoms with Crippen LogP contribution in [0.15, 0.2) is 35.5 Å². The number of benzene rings is 1. The van der Waals surface area contributed by atoms with Gasteiger partial charge in [0.15, 0.2) is 0 Å². The fraction of sp³-hybridized carbons (Fsp3) is 0.524. The van der Waals surface area contributed by atoms with Crippen molar-refractivity contribution in [3.05, 3.63) is 46.7 Å². The first-order valence-corrected chi connectivity index (χ1v) is 9.29. The van der Waals surface area contributed by atoms with E-state index >= 15 is 0 Å². The maximum Gasteiger partial charge on any atom is 0.336 e. The predicted octanol–water partition coefficient (Wildman–Crippen LogP) is 4.00. The molecule has 1 atom stereocenters. The predicted molar refractivity (Wildman–Crippen MR) is 96.9 cm³/mol. The van der Waals surface area contributed by atoms with E-state index in [1.54, 1.807) is 6.92 Å². The van der Waals surface area contributed by atoms with Crippen LogP contribution in [0.25, 0.3) is 0 Å². The maximum atomic E-state index is 12.8. The highest BCUT2D eigenvalue weighted by atomic mass is 16.5. The molecule has 25 heavy (non-hydrogen) atoms. The molecule has 4 heteroatoms. The normalized spacial score (nSPS) is 21.8. The number of carbonyl (C=O) groups excluding carboxylic acids is 2. The molecule has 1 aromatic rings. The van der Waals surface area contributed by atoms with Crippen molar-refractivity contribution in [1.82, 2.24) is 5.32 Å². The Morgan fingerprint density at radius 2 is 1.88 bits per heavy atom. The van der Waals surface area contributed by atoms with Crippen LogP contribution < -0.4 is 5.32 Å². The summed E-state index contributed by atoms with van der Waals surface area (Å²) in [6.07, 6.45) is 6.32. The van der Waals surface area contributed by atoms with Gasteiger partial charge >= 0.3 is 5.97 Å². The minimum Gasteiger partial charge on any atom is -0.462 e. The molecule has 1 heterocycles. The van der Waals surface area contributed by atoms with Gasteiger partial charge in [0.25, 0.3) is 0 Å². The Kier molecular flexibility index (Phi) is 5.57. The molecule has 0 saturated heterocycles. The first-order valence-electron chi connectivity index (χ1n) is 9.29. The van der Waals surface area contributed by atoms with Gasteiger partial charge in [0.1, 0.15) is 0 Å². The van der Waals surface area contributed by atoms with Gasteiger partial charge in [-0.05, 0) is 43.7 Å². The molecule has 4 nitrogen and oxygen atoms in total. The second-order valence-corrected chi connectivity index (χ2v) is 7.30. The van der Waals surface area contributed by atoms with Gasteiger partial charge < -0.3 is 10.1 Å². The van der Waals surface area contributed by atoms with E-state index in [4.69, 9.17) is 4.74 Å². The van der Waals surface area contributed by atoms with Crippen LogP contribution in [0.2, 0.25) is 0 Å². The third-order valence-corrected chi connectivity index (χ3v) is 5.43. The minimum atomic E-state index is -0.281. The molecule has 0 bridgehead atoms. The van der Waals surface area contributed by atoms with Gasteiger partial charge in [-0.1, -0.05) is 43.5 Å². The van der Waals surface area contributed by atoms with Crippen molar-refractivity contribution < 1.29 is 14.3 Å². The summed E-state index contributed by atoms with van der Waals surface area (Å²) in [5.74, 6) is -0.0755. The number of allylic oxidation sites excluding steroid dienone is 1. The van der Waals surface area contributed by atoms with Gasteiger partial charge in [-0.25, -0.2) is 4.79 Å². The highest BCUT2D eigenvalue weighted by Crippen LogP contribution is 2.35. The summed E-state index contributed by atoms with van der Waals surface area (Å²) < 4.78 is 5.67. The number of esters is 1. The fourth-order valence-electron chi connectivity index (χ4n) is 4.04. The molecule has 0 radical (unpaired) electrons. The van der Waals surface area contributed by atoms with Crippen LogP contribution in [0.3, 0.4) is 0 Å². The smallest absolute Gasteiger partial charge is 0.336 e. The number of nitrogens with one attached hydrogen (secondary N) is 1. The largest absolute Gasteiger partial charge is 0.462 e. The second kappa shape index (κ2) is 7.85. The summed E-state index contributed by atoms with van der Waals surface area (Å²) in [6, 6.07) is 7.94. The molecule has 1 fully saturated rings. The van der Waals surface area contributed by atoms with Gasteiger partial charge in [0.2, 0.25) is 5.91 Å². The van der Waals surface area contributed by atoms with Crippen molar-refractivity contribution in [3.63, 3.8) is 0 Å². The van der Waals surface area contributed by atoms with Crippen LogP contribution >= 0.6 is 0 Å². The number of aryl methyl sites for hydroxylation is 1. The number of rotatable bonds is 4. The fourth-order valence-corrected chi connectivity index (χ4v) is 4.04. The number of amides is 1. The summed E-state index contributed by atoms with van der Waals surface area (Å²) in [6.45, 7) is 4.30. The minimum absolute atomic E-state index is 0.0467. The summed E-state index contributed by atoms with van der Waals surface area (Å²) in [4.78, 5) is 24.9. The SMILES string of the molecule is CC1=C(C(=O)OCC2CCCCC2)[C@H](c2ccccc2C)CC(=O)N1. The molecule has 1 aromatic carbocycles. The third kappa shape index (κ3) is 4.12. The Morgan fingerprint density at radius 3 is 2.60 bits per heavy atom. The average Bonchev–Trinajstić information content (AvgIpc) is 2.60. The molecule has 0 spiro atoms. The molecule has 1 N–H and O–H groups in total. The Morgan fingerprint density at radius 1 is 1.16 bits per heavy atom. The molecule has 2 aliphatic rings. The van der Waals surface area contributed by atoms with Crippen molar-refractivity contribution >= 4 is 11.9 Å². The molecule has 1 aliphatic heterocycles. The van der Waals surface area contributed by atoms with E-state index < -0.39 is 0 Å². The number of hydrogen-bond donors (Lipinski definition) is 1. The first kappa shape index (κ1) is 17.7. The average molecular weight is 341 g/mol. The topological polar surface area (TPSA) is 55.4 Å². The maximum absolute atomic E-state index is 12.8. The molecule has 1 amide bonds. The van der Waals surface area contributed by atoms with Gasteiger partial charge in [-0.2, -0.15) is 0 Å². The summed E-state index contributed by atoms with van der Waals surface area (Å²) in [5.41, 5.74) is 3.34. The lowest BCUT2D eigenvalue weighted by Gasteiger charge is -2.28. The highest BCUT2D eigenvalue weighted by Gasteiger charge is 2.33. The van der Waals surface area contributed by atoms with Crippen molar-refractivity contribution in [1.29, 1.82) is 0 Å². The zero-order valence-corrected chi connectivity index (χ0v) is 15.1. The number of ether oxygens (including phenoxy) is 1. The van der Waals surface area contributed by atoms with Crippen molar-refractivity contribution in [2.75, 3.05) is 6.61 Å². The quantitative estimate of drug-likeness (QED) is 0.842. The van der Waals surface area contributed by atoms with Gasteiger partial charge in [0, 0.05) is 18.0 Å². The van der Waals surface area contributed by atoms with E-state index in [0.29, 0.717) is 23.8 Å². The monoisotopic (exact) mass is 341 g/mol. The number of carbonyl (C=O) groups is 2. The molecular weight excluding hydrogens is 314 g/mol. The lowest BCUT2D eigenvalue weighted by Crippen LogP contribution is -2.34. The zero-order chi connectivity index (χ0) is 17.8. The van der Waals surface area contributed by atoms with Crippen LogP contribution in [0.1, 0.15) is 62.5 Å². The number of hydrogen-bond acceptors (Lipinski definition) is 3. The van der Waals surface area contributed by atoms with Crippen molar-refractivity contribution in [2.45, 2.75) is 58.3 Å². The van der Waals surface area contributed by atoms with Crippen LogP contribution in [0, 0.1) is 12.8 Å². The van der Waals surface area contributed by atoms with E-state index in [9.17, 15) is 9.59 Å². The van der Waals surface area contributed by atoms with Gasteiger partial charge in [-0.3, -0.25) is 4.79 Å². The Bertz CT molecular complexity index is 686. The van der Waals surface area contributed by atoms with Crippen LogP contribution in [0.4, 0.5) is 0 Å². The van der Waals surface area contributed by atoms with E-state index in [1.807, 2.05) is 31.2 Å². The van der Waals surface area contributed by atoms with Crippen LogP contribution in [-0.4, -0.2) is 18.5 Å². The van der Waals surface area contributed by atoms with Gasteiger partial charge in [0.05, 0.1) is 12.2 Å². The second-order valence-electron chi connectivity index (χ2n) is 7.30. The lowest BCUT2D eigenvalue weighted by atomic mass is 9.82. The lowest BCUT2D eigenvalue weighted by molar-refractivity contribution is -0.141. The van der Waals surface area contributed by atoms with E-state index in [0.717, 1.165) is 24.0 Å². The molecular formula is C21H27NO3. The Balaban J connectivity index is 1.79. The van der Waals surface area contributed by atoms with Crippen LogP contribution in [0.5, 0.6) is 0 Å². The van der Waals surface area contributed by atoms with Crippen molar-refractivity contribution in [3.8, 4) is 0 Å². The van der Waals surface area contributed by atoms with Gasteiger partial charge in [-0.15, -0.1) is 0 Å². The Labute approximate surface area is 149 Å². The third-order valence-electron chi connectivity index (χ3n) is 5.43. The first-order chi connectivity index (χ1) is 12.1. The van der Waals surface area contributed by atoms with Crippen LogP contribution in [-0.2, 0) is 14.3 Å². The van der Waals surface area contributed by atoms with E-state index in [-0.39, 0.29) is 24.2 Å². The molecule has 0 aromatic heterocycles. The summed E-state index contributed by atoms with van der Waals surface area (Å²) in [7, 11) is 0. The highest BCUT2D eigenvalue weighted by molar-refractivity contribution is 5.95. The molecule has 1 saturated carbocycles. The molecule has 0 unspecified atom stereocenters. The summed E-state index contributed by atoms with van der Waals surface area (Å²) in [5, 5.41) is 2.81. The van der Waals surface area contributed by atoms with E-state index in [2.05, 4.69) is 5.32 Å². The Hall–Kier alpha value is -2.10.